The average molecular weight is 318 g/mol. The Morgan fingerprint density at radius 3 is 2.42 bits per heavy atom. The van der Waals surface area contributed by atoms with Gasteiger partial charge in [0.25, 0.3) is 0 Å². The number of phenolic OH excluding ortho intramolecular Hbond substituents is 1. The number of nitrogens with one attached hydrogen (secondary N) is 1. The summed E-state index contributed by atoms with van der Waals surface area (Å²) in [6.45, 7) is 0. The van der Waals surface area contributed by atoms with Crippen molar-refractivity contribution in [1.82, 2.24) is 0 Å². The summed E-state index contributed by atoms with van der Waals surface area (Å²) in [6.07, 6.45) is 1.62. The van der Waals surface area contributed by atoms with Gasteiger partial charge in [0.2, 0.25) is 0 Å². The maximum atomic E-state index is 10.9. The van der Waals surface area contributed by atoms with E-state index >= 15 is 0 Å². The van der Waals surface area contributed by atoms with Gasteiger partial charge in [0.05, 0.1) is 11.6 Å². The van der Waals surface area contributed by atoms with Crippen molar-refractivity contribution in [3.8, 4) is 11.8 Å². The van der Waals surface area contributed by atoms with Crippen LogP contribution in [0.2, 0.25) is 0 Å². The van der Waals surface area contributed by atoms with Crippen LogP contribution in [0.4, 0.5) is 5.69 Å². The Kier molecular flexibility index (Phi) is 4.27. The van der Waals surface area contributed by atoms with Crippen molar-refractivity contribution in [2.75, 3.05) is 0 Å². The molecule has 24 heavy (non-hydrogen) atoms. The van der Waals surface area contributed by atoms with E-state index in [0.29, 0.717) is 16.7 Å². The standard InChI is InChI=1S/C19H14N2O3/c20-12-15(13-5-8-16(9-6-13)21(23)24)11-18-17-4-2-1-3-14(17)7-10-19(18)22/h1-11,21-23H/b15-11-. The highest BCUT2D eigenvalue weighted by molar-refractivity contribution is 6.00. The number of nitrogens with zero attached hydrogens (tertiary/aromatic N) is 1. The highest BCUT2D eigenvalue weighted by atomic mass is 16.8. The third-order valence-electron chi connectivity index (χ3n) is 3.80. The van der Waals surface area contributed by atoms with E-state index in [0.717, 1.165) is 10.8 Å². The summed E-state index contributed by atoms with van der Waals surface area (Å²) in [6, 6.07) is 19.2. The predicted octanol–water partition coefficient (Wildman–Crippen LogP) is 3.01. The average Bonchev–Trinajstić information content (AvgIpc) is 2.61. The molecule has 0 radical (unpaired) electrons. The molecule has 1 unspecified atom stereocenters. The lowest BCUT2D eigenvalue weighted by Crippen LogP contribution is -2.99. The second-order valence-electron chi connectivity index (χ2n) is 5.27. The summed E-state index contributed by atoms with van der Waals surface area (Å²) in [7, 11) is 0. The number of quaternary nitrogens is 1. The number of allylic oxidation sites excluding steroid dienone is 1. The second kappa shape index (κ2) is 6.52. The first-order valence-corrected chi connectivity index (χ1v) is 7.26. The minimum Gasteiger partial charge on any atom is -0.595 e. The Balaban J connectivity index is 2.12. The molecule has 0 aromatic heterocycles. The van der Waals surface area contributed by atoms with Crippen LogP contribution in [0.5, 0.6) is 5.75 Å². The van der Waals surface area contributed by atoms with Gasteiger partial charge in [0.15, 0.2) is 5.69 Å². The van der Waals surface area contributed by atoms with Crippen LogP contribution < -0.4 is 5.23 Å². The molecule has 0 amide bonds. The van der Waals surface area contributed by atoms with E-state index in [-0.39, 0.29) is 11.4 Å². The molecule has 1 atom stereocenters. The van der Waals surface area contributed by atoms with Crippen LogP contribution in [-0.4, -0.2) is 10.3 Å². The molecule has 0 spiro atoms. The molecule has 0 heterocycles. The van der Waals surface area contributed by atoms with Crippen LogP contribution >= 0.6 is 0 Å². The zero-order valence-electron chi connectivity index (χ0n) is 12.6. The molecule has 3 N–H and O–H groups in total. The number of nitriles is 1. The maximum Gasteiger partial charge on any atom is 0.163 e. The first-order chi connectivity index (χ1) is 11.6. The van der Waals surface area contributed by atoms with E-state index < -0.39 is 5.23 Å². The number of hydrogen-bond donors (Lipinski definition) is 3. The minimum atomic E-state index is -1.02. The van der Waals surface area contributed by atoms with E-state index in [2.05, 4.69) is 6.07 Å². The molecule has 0 aliphatic rings. The summed E-state index contributed by atoms with van der Waals surface area (Å²) >= 11 is 0. The third kappa shape index (κ3) is 2.98. The lowest BCUT2D eigenvalue weighted by molar-refractivity contribution is -0.991. The molecule has 0 saturated heterocycles. The van der Waals surface area contributed by atoms with E-state index in [4.69, 9.17) is 5.21 Å². The van der Waals surface area contributed by atoms with E-state index in [1.54, 1.807) is 24.3 Å². The highest BCUT2D eigenvalue weighted by Crippen LogP contribution is 2.31. The molecular weight excluding hydrogens is 304 g/mol. The number of rotatable bonds is 3. The lowest BCUT2D eigenvalue weighted by atomic mass is 9.98. The third-order valence-corrected chi connectivity index (χ3v) is 3.80. The molecule has 0 saturated carbocycles. The zero-order valence-corrected chi connectivity index (χ0v) is 12.6. The van der Waals surface area contributed by atoms with Gasteiger partial charge in [0.1, 0.15) is 5.75 Å². The molecule has 0 bridgehead atoms. The molecule has 0 aliphatic carbocycles. The summed E-state index contributed by atoms with van der Waals surface area (Å²) in [5, 5.41) is 40.3. The van der Waals surface area contributed by atoms with Gasteiger partial charge in [-0.1, -0.05) is 30.3 Å². The topological polar surface area (TPSA) is 91.8 Å². The monoisotopic (exact) mass is 318 g/mol. The van der Waals surface area contributed by atoms with E-state index in [9.17, 15) is 15.6 Å². The summed E-state index contributed by atoms with van der Waals surface area (Å²) in [4.78, 5) is 0. The molecule has 3 rings (SSSR count). The number of phenols is 1. The highest BCUT2D eigenvalue weighted by Gasteiger charge is 2.09. The number of fused-ring (bicyclic) bond motifs is 1. The molecule has 0 fully saturated rings. The number of hydrogen-bond acceptors (Lipinski definition) is 4. The predicted molar refractivity (Wildman–Crippen MR) is 91.3 cm³/mol. The Labute approximate surface area is 138 Å². The van der Waals surface area contributed by atoms with Gasteiger partial charge < -0.3 is 10.3 Å². The zero-order chi connectivity index (χ0) is 17.1. The molecule has 3 aromatic rings. The van der Waals surface area contributed by atoms with Crippen molar-refractivity contribution in [2.24, 2.45) is 0 Å². The quantitative estimate of drug-likeness (QED) is 0.393. The van der Waals surface area contributed by atoms with Gasteiger partial charge in [-0.2, -0.15) is 10.5 Å². The van der Waals surface area contributed by atoms with Crippen molar-refractivity contribution < 1.29 is 15.5 Å². The van der Waals surface area contributed by atoms with Crippen molar-refractivity contribution >= 4 is 28.1 Å². The molecule has 118 valence electrons. The van der Waals surface area contributed by atoms with Crippen molar-refractivity contribution in [1.29, 1.82) is 5.26 Å². The largest absolute Gasteiger partial charge is 0.595 e. The Hall–Kier alpha value is -3.17. The SMILES string of the molecule is N#C/C(=C/c1c(O)ccc2ccccc12)c1ccc([NH+]([O-])O)cc1. The van der Waals surface area contributed by atoms with Gasteiger partial charge in [-0.15, -0.1) is 0 Å². The van der Waals surface area contributed by atoms with Crippen molar-refractivity contribution in [2.45, 2.75) is 0 Å². The maximum absolute atomic E-state index is 10.9. The Morgan fingerprint density at radius 1 is 1.04 bits per heavy atom. The van der Waals surface area contributed by atoms with Gasteiger partial charge in [0, 0.05) is 17.7 Å². The van der Waals surface area contributed by atoms with Gasteiger partial charge in [-0.25, -0.2) is 5.21 Å². The van der Waals surface area contributed by atoms with Crippen molar-refractivity contribution in [3.63, 3.8) is 0 Å². The van der Waals surface area contributed by atoms with Crippen LogP contribution in [-0.2, 0) is 0 Å². The van der Waals surface area contributed by atoms with Crippen LogP contribution in [0.25, 0.3) is 22.4 Å². The van der Waals surface area contributed by atoms with Crippen LogP contribution in [0, 0.1) is 16.5 Å². The van der Waals surface area contributed by atoms with Crippen LogP contribution in [0.1, 0.15) is 11.1 Å². The van der Waals surface area contributed by atoms with Crippen LogP contribution in [0.15, 0.2) is 60.7 Å². The van der Waals surface area contributed by atoms with Crippen molar-refractivity contribution in [3.05, 3.63) is 77.0 Å². The minimum absolute atomic E-state index is 0.0867. The molecule has 5 nitrogen and oxygen atoms in total. The summed E-state index contributed by atoms with van der Waals surface area (Å²) in [5.41, 5.74) is 1.66. The molecule has 0 aliphatic heterocycles. The lowest BCUT2D eigenvalue weighted by Gasteiger charge is -2.11. The van der Waals surface area contributed by atoms with E-state index in [1.807, 2.05) is 30.3 Å². The number of benzene rings is 3. The fourth-order valence-electron chi connectivity index (χ4n) is 2.55. The first-order valence-electron chi connectivity index (χ1n) is 7.26. The molecule has 3 aromatic carbocycles. The normalized spacial score (nSPS) is 12.8. The molecule has 5 heteroatoms. The number of aromatic hydroxyl groups is 1. The van der Waals surface area contributed by atoms with E-state index in [1.165, 1.54) is 12.1 Å². The van der Waals surface area contributed by atoms with Gasteiger partial charge in [-0.05, 0) is 40.6 Å². The fraction of sp³-hybridized carbons (Fsp3) is 0. The van der Waals surface area contributed by atoms with Crippen LogP contribution in [0.3, 0.4) is 0 Å². The van der Waals surface area contributed by atoms with Gasteiger partial charge in [-0.3, -0.25) is 0 Å². The first kappa shape index (κ1) is 15.7. The summed E-state index contributed by atoms with van der Waals surface area (Å²) in [5.74, 6) is 0.0867. The Bertz CT molecular complexity index is 955. The Morgan fingerprint density at radius 2 is 1.75 bits per heavy atom. The molecular formula is C19H14N2O3. The van der Waals surface area contributed by atoms with Gasteiger partial charge >= 0.3 is 0 Å². The summed E-state index contributed by atoms with van der Waals surface area (Å²) < 4.78 is 0. The second-order valence-corrected chi connectivity index (χ2v) is 5.27. The smallest absolute Gasteiger partial charge is 0.163 e. The fourth-order valence-corrected chi connectivity index (χ4v) is 2.55.